The van der Waals surface area contributed by atoms with Gasteiger partial charge in [-0.15, -0.1) is 0 Å². The summed E-state index contributed by atoms with van der Waals surface area (Å²) in [6.45, 7) is 7.59. The van der Waals surface area contributed by atoms with Gasteiger partial charge in [-0.05, 0) is 93.3 Å². The van der Waals surface area contributed by atoms with Crippen LogP contribution in [-0.4, -0.2) is 119 Å². The standard InChI is InChI=1S/C42H48F2N8O4/c43-42(44)51-35-7-13-45-25-34(35)31-3-1-30(24-37(31)51)50-17-11-28(12-18-50)26-48-21-19-47(20-22-48)14-8-27-9-15-49(16-10-27)29-2-4-32-33(23-29)41(56)52(40(32)55)36-5-6-38(53)46-39(36)54/h1-4,7,13,23-25,27-28,36,42H,5-6,8-12,14-22,26H2,(H,46,53,54). The third-order valence-electron chi connectivity index (χ3n) is 13.0. The van der Waals surface area contributed by atoms with Crippen molar-refractivity contribution in [2.45, 2.75) is 57.5 Å². The summed E-state index contributed by atoms with van der Waals surface area (Å²) in [7, 11) is 0. The largest absolute Gasteiger partial charge is 0.371 e. The minimum atomic E-state index is -2.62. The van der Waals surface area contributed by atoms with Crippen molar-refractivity contribution in [2.75, 3.05) is 75.2 Å². The zero-order valence-electron chi connectivity index (χ0n) is 31.5. The van der Waals surface area contributed by atoms with E-state index >= 15 is 0 Å². The first-order valence-electron chi connectivity index (χ1n) is 20.2. The van der Waals surface area contributed by atoms with Crippen LogP contribution >= 0.6 is 0 Å². The second-order valence-corrected chi connectivity index (χ2v) is 16.2. The van der Waals surface area contributed by atoms with Gasteiger partial charge in [-0.25, -0.2) is 0 Å². The highest BCUT2D eigenvalue weighted by atomic mass is 19.3. The van der Waals surface area contributed by atoms with E-state index in [1.807, 2.05) is 18.2 Å². The fourth-order valence-electron chi connectivity index (χ4n) is 9.72. The highest BCUT2D eigenvalue weighted by Gasteiger charge is 2.45. The second kappa shape index (κ2) is 15.2. The van der Waals surface area contributed by atoms with Crippen molar-refractivity contribution in [3.63, 3.8) is 0 Å². The summed E-state index contributed by atoms with van der Waals surface area (Å²) in [4.78, 5) is 65.5. The van der Waals surface area contributed by atoms with Crippen LogP contribution in [-0.2, 0) is 9.59 Å². The SMILES string of the molecule is O=C1CCC(N2C(=O)c3ccc(N4CCC(CCN5CCN(CC6CCN(c7ccc8c9cnccc9n(C(F)F)c8c7)CC6)CC5)CC4)cc3C2=O)C(=O)N1. The normalized spacial score (nSPS) is 22.3. The number of aromatic nitrogens is 2. The van der Waals surface area contributed by atoms with Gasteiger partial charge in [0.1, 0.15) is 6.04 Å². The molecule has 1 atom stereocenters. The number of fused-ring (bicyclic) bond motifs is 4. The third kappa shape index (κ3) is 6.91. The molecular formula is C42H48F2N8O4. The maximum Gasteiger partial charge on any atom is 0.319 e. The summed E-state index contributed by atoms with van der Waals surface area (Å²) in [5.41, 5.74) is 3.64. The van der Waals surface area contributed by atoms with Gasteiger partial charge in [0.25, 0.3) is 11.8 Å². The molecule has 2 aromatic heterocycles. The van der Waals surface area contributed by atoms with Gasteiger partial charge in [0.2, 0.25) is 11.8 Å². The Balaban J connectivity index is 0.705. The Morgan fingerprint density at radius 3 is 2.07 bits per heavy atom. The predicted molar refractivity (Wildman–Crippen MR) is 209 cm³/mol. The lowest BCUT2D eigenvalue weighted by Gasteiger charge is -2.40. The highest BCUT2D eigenvalue weighted by Crippen LogP contribution is 2.36. The molecule has 56 heavy (non-hydrogen) atoms. The fraction of sp³-hybridized carbons (Fsp3) is 0.500. The van der Waals surface area contributed by atoms with E-state index in [-0.39, 0.29) is 18.7 Å². The van der Waals surface area contributed by atoms with Crippen molar-refractivity contribution >= 4 is 56.8 Å². The molecule has 2 aromatic carbocycles. The van der Waals surface area contributed by atoms with Gasteiger partial charge in [0.05, 0.1) is 22.2 Å². The number of pyridine rings is 1. The van der Waals surface area contributed by atoms with E-state index in [0.717, 1.165) is 123 Å². The molecule has 4 aromatic rings. The quantitative estimate of drug-likeness (QED) is 0.232. The van der Waals surface area contributed by atoms with Crippen LogP contribution in [0.5, 0.6) is 0 Å². The Bertz CT molecular complexity index is 2170. The van der Waals surface area contributed by atoms with Gasteiger partial charge in [-0.2, -0.15) is 8.78 Å². The third-order valence-corrected chi connectivity index (χ3v) is 13.0. The van der Waals surface area contributed by atoms with E-state index in [0.29, 0.717) is 34.0 Å². The number of nitrogens with one attached hydrogen (secondary N) is 1. The number of alkyl halides is 2. The maximum absolute atomic E-state index is 14.1. The molecule has 4 fully saturated rings. The van der Waals surface area contributed by atoms with Crippen molar-refractivity contribution in [1.82, 2.24) is 29.6 Å². The van der Waals surface area contributed by atoms with E-state index in [4.69, 9.17) is 0 Å². The molecule has 5 aliphatic heterocycles. The monoisotopic (exact) mass is 766 g/mol. The molecule has 0 bridgehead atoms. The summed E-state index contributed by atoms with van der Waals surface area (Å²) in [5.74, 6) is -0.639. The van der Waals surface area contributed by atoms with E-state index in [1.165, 1.54) is 6.42 Å². The van der Waals surface area contributed by atoms with Crippen molar-refractivity contribution in [3.8, 4) is 0 Å². The zero-order valence-corrected chi connectivity index (χ0v) is 31.5. The lowest BCUT2D eigenvalue weighted by Crippen LogP contribution is -2.54. The minimum absolute atomic E-state index is 0.102. The molecule has 5 aliphatic rings. The summed E-state index contributed by atoms with van der Waals surface area (Å²) in [6.07, 6.45) is 9.00. The molecule has 1 N–H and O–H groups in total. The number of imide groups is 2. The van der Waals surface area contributed by atoms with Gasteiger partial charge < -0.3 is 19.6 Å². The molecule has 294 valence electrons. The topological polar surface area (TPSA) is 114 Å². The van der Waals surface area contributed by atoms with Crippen LogP contribution in [0.25, 0.3) is 21.8 Å². The predicted octanol–water partition coefficient (Wildman–Crippen LogP) is 5.13. The number of hydrogen-bond acceptors (Lipinski definition) is 9. The molecule has 12 nitrogen and oxygen atoms in total. The zero-order chi connectivity index (χ0) is 38.5. The average Bonchev–Trinajstić information content (AvgIpc) is 3.68. The summed E-state index contributed by atoms with van der Waals surface area (Å²) < 4.78 is 29.4. The first-order chi connectivity index (χ1) is 27.2. The number of nitrogens with zero attached hydrogens (tertiary/aromatic N) is 7. The number of piperidine rings is 3. The van der Waals surface area contributed by atoms with Gasteiger partial charge in [-0.3, -0.25) is 38.9 Å². The molecule has 9 rings (SSSR count). The molecule has 0 aliphatic carbocycles. The number of rotatable bonds is 9. The molecular weight excluding hydrogens is 719 g/mol. The molecule has 7 heterocycles. The summed E-state index contributed by atoms with van der Waals surface area (Å²) >= 11 is 0. The smallest absolute Gasteiger partial charge is 0.319 e. The molecule has 14 heteroatoms. The van der Waals surface area contributed by atoms with Crippen molar-refractivity contribution < 1.29 is 28.0 Å². The van der Waals surface area contributed by atoms with Gasteiger partial charge >= 0.3 is 6.55 Å². The van der Waals surface area contributed by atoms with Crippen molar-refractivity contribution in [3.05, 3.63) is 66.0 Å². The Hall–Kier alpha value is -4.95. The second-order valence-electron chi connectivity index (χ2n) is 16.2. The number of benzene rings is 2. The van der Waals surface area contributed by atoms with Gasteiger partial charge in [-0.1, -0.05) is 6.07 Å². The number of carbonyl (C=O) groups is 4. The van der Waals surface area contributed by atoms with E-state index in [2.05, 4.69) is 36.0 Å². The number of hydrogen-bond donors (Lipinski definition) is 1. The first kappa shape index (κ1) is 36.7. The Morgan fingerprint density at radius 1 is 0.696 bits per heavy atom. The number of anilines is 2. The van der Waals surface area contributed by atoms with Crippen LogP contribution in [0, 0.1) is 11.8 Å². The lowest BCUT2D eigenvalue weighted by atomic mass is 9.92. The highest BCUT2D eigenvalue weighted by molar-refractivity contribution is 6.23. The molecule has 0 spiro atoms. The fourth-order valence-corrected chi connectivity index (χ4v) is 9.72. The van der Waals surface area contributed by atoms with Crippen LogP contribution in [0.1, 0.15) is 72.2 Å². The molecule has 0 radical (unpaired) electrons. The lowest BCUT2D eigenvalue weighted by molar-refractivity contribution is -0.136. The Morgan fingerprint density at radius 2 is 1.36 bits per heavy atom. The number of amides is 4. The van der Waals surface area contributed by atoms with Crippen LogP contribution in [0.15, 0.2) is 54.9 Å². The Labute approximate surface area is 324 Å². The minimum Gasteiger partial charge on any atom is -0.371 e. The van der Waals surface area contributed by atoms with Crippen LogP contribution < -0.4 is 15.1 Å². The maximum atomic E-state index is 14.1. The Kier molecular flexibility index (Phi) is 9.94. The number of carbonyl (C=O) groups excluding carboxylic acids is 4. The van der Waals surface area contributed by atoms with E-state index < -0.39 is 30.3 Å². The summed E-state index contributed by atoms with van der Waals surface area (Å²) in [6, 6.07) is 12.1. The number of halogens is 2. The van der Waals surface area contributed by atoms with Crippen LogP contribution in [0.3, 0.4) is 0 Å². The molecule has 0 saturated carbocycles. The van der Waals surface area contributed by atoms with Gasteiger partial charge in [0.15, 0.2) is 0 Å². The van der Waals surface area contributed by atoms with Crippen LogP contribution in [0.2, 0.25) is 0 Å². The van der Waals surface area contributed by atoms with Crippen LogP contribution in [0.4, 0.5) is 20.2 Å². The van der Waals surface area contributed by atoms with Crippen molar-refractivity contribution in [2.24, 2.45) is 11.8 Å². The molecule has 4 saturated heterocycles. The summed E-state index contributed by atoms with van der Waals surface area (Å²) in [5, 5.41) is 3.82. The van der Waals surface area contributed by atoms with E-state index in [9.17, 15) is 28.0 Å². The first-order valence-corrected chi connectivity index (χ1v) is 20.2. The van der Waals surface area contributed by atoms with E-state index in [1.54, 1.807) is 30.6 Å². The molecule has 4 amide bonds. The molecule has 1 unspecified atom stereocenters. The number of piperazine rings is 1. The average molecular weight is 767 g/mol. The van der Waals surface area contributed by atoms with Crippen molar-refractivity contribution in [1.29, 1.82) is 0 Å². The van der Waals surface area contributed by atoms with Gasteiger partial charge in [0, 0.05) is 99.9 Å².